The highest BCUT2D eigenvalue weighted by Gasteiger charge is 2.24. The summed E-state index contributed by atoms with van der Waals surface area (Å²) in [5, 5.41) is 0. The Labute approximate surface area is 128 Å². The first-order chi connectivity index (χ1) is 10.8. The number of benzene rings is 2. The minimum absolute atomic E-state index is 0.0786. The zero-order valence-corrected chi connectivity index (χ0v) is 12.4. The largest absolute Gasteiger partial charge is 0.441 e. The highest BCUT2D eigenvalue weighted by molar-refractivity contribution is 7.92. The second-order valence-electron chi connectivity index (χ2n) is 4.69. The first-order valence-corrected chi connectivity index (χ1v) is 7.80. The third kappa shape index (κ3) is 2.74. The van der Waals surface area contributed by atoms with Crippen LogP contribution in [0.4, 0.5) is 18.9 Å². The van der Waals surface area contributed by atoms with Gasteiger partial charge in [-0.05, 0) is 30.3 Å². The van der Waals surface area contributed by atoms with E-state index in [2.05, 4.69) is 9.71 Å². The van der Waals surface area contributed by atoms with E-state index in [4.69, 9.17) is 4.42 Å². The summed E-state index contributed by atoms with van der Waals surface area (Å²) in [5.74, 6) is -4.71. The van der Waals surface area contributed by atoms with Crippen LogP contribution in [0.25, 0.3) is 11.1 Å². The van der Waals surface area contributed by atoms with Gasteiger partial charge in [-0.25, -0.2) is 26.6 Å². The number of nitrogens with one attached hydrogen (secondary N) is 1. The summed E-state index contributed by atoms with van der Waals surface area (Å²) in [6.07, 6.45) is 0. The van der Waals surface area contributed by atoms with Crippen molar-refractivity contribution in [3.8, 4) is 0 Å². The second-order valence-corrected chi connectivity index (χ2v) is 6.35. The molecule has 3 rings (SSSR count). The number of rotatable bonds is 3. The molecule has 0 fully saturated rings. The van der Waals surface area contributed by atoms with Crippen molar-refractivity contribution < 1.29 is 26.0 Å². The smallest absolute Gasteiger partial charge is 0.264 e. The maximum Gasteiger partial charge on any atom is 0.264 e. The molecule has 1 aromatic heterocycles. The fourth-order valence-corrected chi connectivity index (χ4v) is 3.15. The van der Waals surface area contributed by atoms with E-state index in [-0.39, 0.29) is 5.69 Å². The summed E-state index contributed by atoms with van der Waals surface area (Å²) in [6, 6.07) is 5.42. The van der Waals surface area contributed by atoms with Gasteiger partial charge in [0.1, 0.15) is 10.4 Å². The average Bonchev–Trinajstić information content (AvgIpc) is 2.83. The number of sulfonamides is 1. The fraction of sp³-hybridized carbons (Fsp3) is 0.0714. The zero-order chi connectivity index (χ0) is 16.8. The molecule has 0 atom stereocenters. The van der Waals surface area contributed by atoms with Gasteiger partial charge in [0.05, 0.1) is 5.69 Å². The maximum absolute atomic E-state index is 13.7. The minimum atomic E-state index is -4.44. The van der Waals surface area contributed by atoms with Gasteiger partial charge in [-0.2, -0.15) is 0 Å². The van der Waals surface area contributed by atoms with Crippen molar-refractivity contribution in [1.29, 1.82) is 0 Å². The van der Waals surface area contributed by atoms with Crippen LogP contribution in [0.2, 0.25) is 0 Å². The monoisotopic (exact) mass is 342 g/mol. The summed E-state index contributed by atoms with van der Waals surface area (Å²) < 4.78 is 71.4. The molecule has 0 radical (unpaired) electrons. The average molecular weight is 342 g/mol. The summed E-state index contributed by atoms with van der Waals surface area (Å²) in [4.78, 5) is 3.04. The number of aryl methyl sites for hydroxylation is 1. The Bertz CT molecular complexity index is 1020. The van der Waals surface area contributed by atoms with E-state index in [0.717, 1.165) is 0 Å². The molecular formula is C14H9F3N2O3S. The predicted octanol–water partition coefficient (Wildman–Crippen LogP) is 3.35. The highest BCUT2D eigenvalue weighted by Crippen LogP contribution is 2.24. The summed E-state index contributed by atoms with van der Waals surface area (Å²) in [7, 11) is -4.44. The summed E-state index contributed by atoms with van der Waals surface area (Å²) >= 11 is 0. The van der Waals surface area contributed by atoms with Gasteiger partial charge in [0.15, 0.2) is 28.9 Å². The van der Waals surface area contributed by atoms with Crippen LogP contribution in [-0.4, -0.2) is 13.4 Å². The molecule has 0 saturated heterocycles. The van der Waals surface area contributed by atoms with Crippen molar-refractivity contribution >= 4 is 26.8 Å². The van der Waals surface area contributed by atoms with Crippen molar-refractivity contribution in [1.82, 2.24) is 4.98 Å². The van der Waals surface area contributed by atoms with Crippen LogP contribution in [0.3, 0.4) is 0 Å². The van der Waals surface area contributed by atoms with E-state index < -0.39 is 32.4 Å². The molecule has 3 aromatic rings. The topological polar surface area (TPSA) is 72.2 Å². The lowest BCUT2D eigenvalue weighted by molar-refractivity contribution is 0.432. The van der Waals surface area contributed by atoms with Crippen molar-refractivity contribution in [3.63, 3.8) is 0 Å². The van der Waals surface area contributed by atoms with Gasteiger partial charge in [-0.3, -0.25) is 4.72 Å². The predicted molar refractivity (Wildman–Crippen MR) is 75.9 cm³/mol. The standard InChI is InChI=1S/C14H9F3N2O3S/c1-7-18-10-6-8(2-4-11(10)22-7)19-23(20,21)12-5-3-9(15)13(16)14(12)17/h2-6,19H,1H3. The third-order valence-electron chi connectivity index (χ3n) is 3.04. The van der Waals surface area contributed by atoms with E-state index >= 15 is 0 Å². The fourth-order valence-electron chi connectivity index (χ4n) is 2.03. The number of oxazole rings is 1. The van der Waals surface area contributed by atoms with Crippen molar-refractivity contribution in [2.75, 3.05) is 4.72 Å². The molecular weight excluding hydrogens is 333 g/mol. The Morgan fingerprint density at radius 1 is 1.09 bits per heavy atom. The number of nitrogens with zero attached hydrogens (tertiary/aromatic N) is 1. The summed E-state index contributed by atoms with van der Waals surface area (Å²) in [6.45, 7) is 1.63. The number of aromatic nitrogens is 1. The van der Waals surface area contributed by atoms with Crippen LogP contribution in [0.5, 0.6) is 0 Å². The molecule has 2 aromatic carbocycles. The van der Waals surface area contributed by atoms with E-state index in [1.54, 1.807) is 6.92 Å². The molecule has 23 heavy (non-hydrogen) atoms. The first-order valence-electron chi connectivity index (χ1n) is 6.31. The Hall–Kier alpha value is -2.55. The van der Waals surface area contributed by atoms with Gasteiger partial charge in [0.25, 0.3) is 10.0 Å². The number of hydrogen-bond donors (Lipinski definition) is 1. The number of fused-ring (bicyclic) bond motifs is 1. The molecule has 0 saturated carbocycles. The first kappa shape index (κ1) is 15.3. The molecule has 0 aliphatic heterocycles. The molecule has 120 valence electrons. The SMILES string of the molecule is Cc1nc2cc(NS(=O)(=O)c3ccc(F)c(F)c3F)ccc2o1. The Kier molecular flexibility index (Phi) is 3.52. The van der Waals surface area contributed by atoms with E-state index in [9.17, 15) is 21.6 Å². The Morgan fingerprint density at radius 2 is 1.83 bits per heavy atom. The van der Waals surface area contributed by atoms with Crippen LogP contribution in [-0.2, 0) is 10.0 Å². The Morgan fingerprint density at radius 3 is 2.57 bits per heavy atom. The molecule has 0 spiro atoms. The van der Waals surface area contributed by atoms with Gasteiger partial charge in [0, 0.05) is 6.92 Å². The normalized spacial score (nSPS) is 11.8. The van der Waals surface area contributed by atoms with E-state index in [1.165, 1.54) is 18.2 Å². The molecule has 0 amide bonds. The number of anilines is 1. The number of hydrogen-bond acceptors (Lipinski definition) is 4. The van der Waals surface area contributed by atoms with Crippen LogP contribution in [0.15, 0.2) is 39.6 Å². The molecule has 0 aliphatic carbocycles. The van der Waals surface area contributed by atoms with Gasteiger partial charge in [-0.1, -0.05) is 0 Å². The Balaban J connectivity index is 2.01. The van der Waals surface area contributed by atoms with Crippen LogP contribution < -0.4 is 4.72 Å². The van der Waals surface area contributed by atoms with Gasteiger partial charge in [-0.15, -0.1) is 0 Å². The van der Waals surface area contributed by atoms with Crippen LogP contribution >= 0.6 is 0 Å². The molecule has 1 heterocycles. The molecule has 0 bridgehead atoms. The van der Waals surface area contributed by atoms with Gasteiger partial charge in [0.2, 0.25) is 0 Å². The van der Waals surface area contributed by atoms with Gasteiger partial charge >= 0.3 is 0 Å². The zero-order valence-electron chi connectivity index (χ0n) is 11.6. The second kappa shape index (κ2) is 5.27. The molecule has 5 nitrogen and oxygen atoms in total. The van der Waals surface area contributed by atoms with Gasteiger partial charge < -0.3 is 4.42 Å². The van der Waals surface area contributed by atoms with E-state index in [1.807, 2.05) is 0 Å². The quantitative estimate of drug-likeness (QED) is 0.741. The lowest BCUT2D eigenvalue weighted by Crippen LogP contribution is -2.15. The summed E-state index contributed by atoms with van der Waals surface area (Å²) in [5.41, 5.74) is 0.924. The minimum Gasteiger partial charge on any atom is -0.441 e. The maximum atomic E-state index is 13.7. The van der Waals surface area contributed by atoms with E-state index in [0.29, 0.717) is 29.1 Å². The molecule has 9 heteroatoms. The van der Waals surface area contributed by atoms with Crippen molar-refractivity contribution in [2.24, 2.45) is 0 Å². The van der Waals surface area contributed by atoms with Crippen molar-refractivity contribution in [3.05, 3.63) is 53.7 Å². The number of halogens is 3. The lowest BCUT2D eigenvalue weighted by Gasteiger charge is -2.09. The molecule has 0 aliphatic rings. The highest BCUT2D eigenvalue weighted by atomic mass is 32.2. The van der Waals surface area contributed by atoms with Crippen LogP contribution in [0.1, 0.15) is 5.89 Å². The molecule has 0 unspecified atom stereocenters. The third-order valence-corrected chi connectivity index (χ3v) is 4.43. The molecule has 1 N–H and O–H groups in total. The van der Waals surface area contributed by atoms with Crippen LogP contribution in [0, 0.1) is 24.4 Å². The van der Waals surface area contributed by atoms with Crippen molar-refractivity contribution in [2.45, 2.75) is 11.8 Å². The lowest BCUT2D eigenvalue weighted by atomic mass is 10.3.